The Morgan fingerprint density at radius 2 is 1.58 bits per heavy atom. The Bertz CT molecular complexity index is 717. The van der Waals surface area contributed by atoms with Crippen molar-refractivity contribution >= 4 is 11.8 Å². The van der Waals surface area contributed by atoms with Gasteiger partial charge in [-0.1, -0.05) is 48.5 Å². The molecule has 0 aliphatic rings. The summed E-state index contributed by atoms with van der Waals surface area (Å²) in [6, 6.07) is 14.7. The third-order valence-electron chi connectivity index (χ3n) is 3.55. The molecule has 0 aliphatic heterocycles. The van der Waals surface area contributed by atoms with Crippen molar-refractivity contribution in [2.24, 2.45) is 0 Å². The molecule has 5 nitrogen and oxygen atoms in total. The zero-order valence-electron chi connectivity index (χ0n) is 13.3. The van der Waals surface area contributed by atoms with Crippen molar-refractivity contribution in [1.29, 1.82) is 0 Å². The predicted octanol–water partition coefficient (Wildman–Crippen LogP) is 1.81. The maximum atomic E-state index is 13.5. The largest absolute Gasteiger partial charge is 0.385 e. The molecule has 126 valence electrons. The summed E-state index contributed by atoms with van der Waals surface area (Å²) in [6.45, 7) is 1.52. The lowest BCUT2D eigenvalue weighted by atomic mass is 9.92. The van der Waals surface area contributed by atoms with Crippen molar-refractivity contribution < 1.29 is 19.1 Å². The number of aliphatic hydroxyl groups is 1. The van der Waals surface area contributed by atoms with Crippen LogP contribution in [0, 0.1) is 5.82 Å². The van der Waals surface area contributed by atoms with Gasteiger partial charge >= 0.3 is 0 Å². The first-order valence-corrected chi connectivity index (χ1v) is 7.47. The van der Waals surface area contributed by atoms with Gasteiger partial charge in [0.25, 0.3) is 0 Å². The van der Waals surface area contributed by atoms with Gasteiger partial charge in [0.15, 0.2) is 0 Å². The Hall–Kier alpha value is -2.73. The highest BCUT2D eigenvalue weighted by molar-refractivity contribution is 5.83. The van der Waals surface area contributed by atoms with Crippen LogP contribution in [0.3, 0.4) is 0 Å². The zero-order valence-corrected chi connectivity index (χ0v) is 13.3. The van der Waals surface area contributed by atoms with Crippen LogP contribution in [-0.2, 0) is 21.6 Å². The smallest absolute Gasteiger partial charge is 0.242 e. The SMILES string of the molecule is CC(O)(CC(=O)NNC(=O)Cc1ccccc1F)c1ccccc1. The molecule has 2 aromatic carbocycles. The Labute approximate surface area is 139 Å². The average molecular weight is 330 g/mol. The Morgan fingerprint density at radius 1 is 1.00 bits per heavy atom. The number of hydrazine groups is 1. The predicted molar refractivity (Wildman–Crippen MR) is 87.0 cm³/mol. The summed E-state index contributed by atoms with van der Waals surface area (Å²) in [7, 11) is 0. The Morgan fingerprint density at radius 3 is 2.25 bits per heavy atom. The van der Waals surface area contributed by atoms with E-state index in [1.807, 2.05) is 6.07 Å². The first-order chi connectivity index (χ1) is 11.4. The summed E-state index contributed by atoms with van der Waals surface area (Å²) in [5.74, 6) is -1.58. The fourth-order valence-electron chi connectivity index (χ4n) is 2.25. The van der Waals surface area contributed by atoms with E-state index >= 15 is 0 Å². The first-order valence-electron chi connectivity index (χ1n) is 7.47. The minimum absolute atomic E-state index is 0.192. The van der Waals surface area contributed by atoms with Gasteiger partial charge in [0, 0.05) is 0 Å². The first kappa shape index (κ1) is 17.6. The lowest BCUT2D eigenvalue weighted by molar-refractivity contribution is -0.131. The molecule has 0 heterocycles. The quantitative estimate of drug-likeness (QED) is 0.732. The molecule has 2 rings (SSSR count). The summed E-state index contributed by atoms with van der Waals surface area (Å²) in [5, 5.41) is 10.4. The summed E-state index contributed by atoms with van der Waals surface area (Å²) in [6.07, 6.45) is -0.418. The molecule has 24 heavy (non-hydrogen) atoms. The molecule has 2 aromatic rings. The van der Waals surface area contributed by atoms with Crippen molar-refractivity contribution in [3.05, 3.63) is 71.5 Å². The van der Waals surface area contributed by atoms with Crippen molar-refractivity contribution in [1.82, 2.24) is 10.9 Å². The number of halogens is 1. The van der Waals surface area contributed by atoms with E-state index in [2.05, 4.69) is 10.9 Å². The molecule has 0 saturated carbocycles. The normalized spacial score (nSPS) is 13.0. The van der Waals surface area contributed by atoms with Gasteiger partial charge in [0.2, 0.25) is 11.8 Å². The molecule has 0 spiro atoms. The summed E-state index contributed by atoms with van der Waals surface area (Å²) in [5.41, 5.74) is 3.92. The van der Waals surface area contributed by atoms with Crippen LogP contribution < -0.4 is 10.9 Å². The molecule has 1 unspecified atom stereocenters. The second kappa shape index (κ2) is 7.70. The second-order valence-corrected chi connectivity index (χ2v) is 5.68. The van der Waals surface area contributed by atoms with E-state index in [0.717, 1.165) is 0 Å². The highest BCUT2D eigenvalue weighted by atomic mass is 19.1. The maximum absolute atomic E-state index is 13.5. The number of nitrogens with one attached hydrogen (secondary N) is 2. The van der Waals surface area contributed by atoms with Crippen LogP contribution in [0.5, 0.6) is 0 Å². The number of benzene rings is 2. The van der Waals surface area contributed by atoms with Crippen LogP contribution in [0.25, 0.3) is 0 Å². The van der Waals surface area contributed by atoms with Gasteiger partial charge in [-0.15, -0.1) is 0 Å². The molecule has 0 bridgehead atoms. The number of hydrogen-bond acceptors (Lipinski definition) is 3. The van der Waals surface area contributed by atoms with Gasteiger partial charge in [0.1, 0.15) is 5.82 Å². The van der Waals surface area contributed by atoms with Crippen LogP contribution in [0.15, 0.2) is 54.6 Å². The Balaban J connectivity index is 1.85. The molecule has 1 atom stereocenters. The van der Waals surface area contributed by atoms with E-state index in [0.29, 0.717) is 5.56 Å². The number of carbonyl (C=O) groups excluding carboxylic acids is 2. The Kier molecular flexibility index (Phi) is 5.65. The van der Waals surface area contributed by atoms with Crippen LogP contribution in [0.1, 0.15) is 24.5 Å². The van der Waals surface area contributed by atoms with Crippen molar-refractivity contribution in [3.8, 4) is 0 Å². The highest BCUT2D eigenvalue weighted by Crippen LogP contribution is 2.23. The summed E-state index contributed by atoms with van der Waals surface area (Å²) < 4.78 is 13.5. The summed E-state index contributed by atoms with van der Waals surface area (Å²) in [4.78, 5) is 23.6. The molecule has 2 amide bonds. The number of carbonyl (C=O) groups is 2. The number of amides is 2. The summed E-state index contributed by atoms with van der Waals surface area (Å²) >= 11 is 0. The highest BCUT2D eigenvalue weighted by Gasteiger charge is 2.26. The van der Waals surface area contributed by atoms with E-state index in [1.54, 1.807) is 30.3 Å². The molecular formula is C18H19FN2O3. The minimum atomic E-state index is -1.36. The monoisotopic (exact) mass is 330 g/mol. The fourth-order valence-corrected chi connectivity index (χ4v) is 2.25. The van der Waals surface area contributed by atoms with Gasteiger partial charge < -0.3 is 5.11 Å². The van der Waals surface area contributed by atoms with Gasteiger partial charge in [-0.05, 0) is 24.1 Å². The lowest BCUT2D eigenvalue weighted by Crippen LogP contribution is -2.44. The lowest BCUT2D eigenvalue weighted by Gasteiger charge is -2.23. The van der Waals surface area contributed by atoms with Gasteiger partial charge in [0.05, 0.1) is 18.4 Å². The molecule has 0 aliphatic carbocycles. The minimum Gasteiger partial charge on any atom is -0.385 e. The average Bonchev–Trinajstić information content (AvgIpc) is 2.56. The topological polar surface area (TPSA) is 78.4 Å². The van der Waals surface area contributed by atoms with Crippen molar-refractivity contribution in [3.63, 3.8) is 0 Å². The maximum Gasteiger partial charge on any atom is 0.242 e. The number of rotatable bonds is 5. The molecule has 0 fully saturated rings. The van der Waals surface area contributed by atoms with E-state index in [-0.39, 0.29) is 18.4 Å². The molecule has 3 N–H and O–H groups in total. The molecule has 0 aromatic heterocycles. The molecular weight excluding hydrogens is 311 g/mol. The van der Waals surface area contributed by atoms with Crippen molar-refractivity contribution in [2.45, 2.75) is 25.4 Å². The molecule has 0 radical (unpaired) electrons. The zero-order chi connectivity index (χ0) is 17.6. The van der Waals surface area contributed by atoms with Crippen LogP contribution in [-0.4, -0.2) is 16.9 Å². The van der Waals surface area contributed by atoms with E-state index in [9.17, 15) is 19.1 Å². The van der Waals surface area contributed by atoms with Crippen LogP contribution in [0.4, 0.5) is 4.39 Å². The van der Waals surface area contributed by atoms with Crippen LogP contribution >= 0.6 is 0 Å². The van der Waals surface area contributed by atoms with Crippen LogP contribution in [0.2, 0.25) is 0 Å². The number of hydrogen-bond donors (Lipinski definition) is 3. The van der Waals surface area contributed by atoms with Gasteiger partial charge in [-0.2, -0.15) is 0 Å². The van der Waals surface area contributed by atoms with E-state index in [4.69, 9.17) is 0 Å². The van der Waals surface area contributed by atoms with E-state index < -0.39 is 23.2 Å². The standard InChI is InChI=1S/C18H19FN2O3/c1-18(24,14-8-3-2-4-9-14)12-17(23)21-20-16(22)11-13-7-5-6-10-15(13)19/h2-10,24H,11-12H2,1H3,(H,20,22)(H,21,23). The molecule has 0 saturated heterocycles. The second-order valence-electron chi connectivity index (χ2n) is 5.68. The van der Waals surface area contributed by atoms with Crippen molar-refractivity contribution in [2.75, 3.05) is 0 Å². The molecule has 6 heteroatoms. The van der Waals surface area contributed by atoms with Gasteiger partial charge in [-0.25, -0.2) is 4.39 Å². The fraction of sp³-hybridized carbons (Fsp3) is 0.222. The van der Waals surface area contributed by atoms with E-state index in [1.165, 1.54) is 25.1 Å². The third-order valence-corrected chi connectivity index (χ3v) is 3.55. The third kappa shape index (κ3) is 4.89. The van der Waals surface area contributed by atoms with Gasteiger partial charge in [-0.3, -0.25) is 20.4 Å².